The van der Waals surface area contributed by atoms with E-state index in [9.17, 15) is 4.79 Å². The van der Waals surface area contributed by atoms with Crippen LogP contribution in [0.25, 0.3) is 0 Å². The molecule has 1 amide bonds. The smallest absolute Gasteiger partial charge is 0.251 e. The summed E-state index contributed by atoms with van der Waals surface area (Å²) < 4.78 is 0. The van der Waals surface area contributed by atoms with Crippen molar-refractivity contribution < 1.29 is 4.79 Å². The van der Waals surface area contributed by atoms with Crippen LogP contribution in [0.4, 0.5) is 11.5 Å². The van der Waals surface area contributed by atoms with Gasteiger partial charge in [-0.2, -0.15) is 0 Å². The van der Waals surface area contributed by atoms with Gasteiger partial charge < -0.3 is 15.1 Å². The number of para-hydroxylation sites is 1. The fraction of sp³-hybridized carbons (Fsp3) is 0.333. The van der Waals surface area contributed by atoms with E-state index in [2.05, 4.69) is 22.1 Å². The van der Waals surface area contributed by atoms with E-state index in [1.165, 1.54) is 0 Å². The molecule has 0 aliphatic carbocycles. The molecule has 0 aliphatic rings. The van der Waals surface area contributed by atoms with Gasteiger partial charge in [0, 0.05) is 37.1 Å². The summed E-state index contributed by atoms with van der Waals surface area (Å²) in [6.07, 6.45) is 1.68. The molecule has 0 radical (unpaired) electrons. The van der Waals surface area contributed by atoms with Gasteiger partial charge in [-0.15, -0.1) is 0 Å². The van der Waals surface area contributed by atoms with E-state index in [-0.39, 0.29) is 5.91 Å². The summed E-state index contributed by atoms with van der Waals surface area (Å²) in [5.74, 6) is 0.707. The summed E-state index contributed by atoms with van der Waals surface area (Å²) in [6.45, 7) is 4.29. The molecule has 0 saturated heterocycles. The molecule has 5 nitrogen and oxygen atoms in total. The van der Waals surface area contributed by atoms with Crippen molar-refractivity contribution in [1.82, 2.24) is 15.2 Å². The number of pyridine rings is 1. The Morgan fingerprint density at radius 3 is 2.57 bits per heavy atom. The van der Waals surface area contributed by atoms with E-state index in [1.807, 2.05) is 55.4 Å². The molecule has 0 aliphatic heterocycles. The Labute approximate surface area is 137 Å². The van der Waals surface area contributed by atoms with E-state index in [1.54, 1.807) is 12.3 Å². The minimum absolute atomic E-state index is 0.0698. The van der Waals surface area contributed by atoms with Crippen LogP contribution in [0.3, 0.4) is 0 Å². The Bertz CT molecular complexity index is 628. The fourth-order valence-electron chi connectivity index (χ4n) is 2.29. The molecule has 0 saturated carbocycles. The summed E-state index contributed by atoms with van der Waals surface area (Å²) in [5, 5.41) is 2.93. The lowest BCUT2D eigenvalue weighted by Crippen LogP contribution is -2.31. The maximum Gasteiger partial charge on any atom is 0.251 e. The highest BCUT2D eigenvalue weighted by Crippen LogP contribution is 2.23. The van der Waals surface area contributed by atoms with Crippen molar-refractivity contribution in [3.05, 3.63) is 54.2 Å². The van der Waals surface area contributed by atoms with Crippen LogP contribution in [-0.2, 0) is 0 Å². The van der Waals surface area contributed by atoms with Crippen LogP contribution in [0.2, 0.25) is 0 Å². The molecule has 1 aromatic heterocycles. The van der Waals surface area contributed by atoms with Gasteiger partial charge in [0.15, 0.2) is 0 Å². The molecule has 2 aromatic rings. The standard InChI is InChI=1S/C18H24N4O/c1-4-22(16-8-6-5-7-9-16)17-14-15(10-11-19-17)18(23)20-12-13-21(2)3/h5-11,14H,4,12-13H2,1-3H3,(H,20,23). The minimum atomic E-state index is -0.0698. The zero-order valence-electron chi connectivity index (χ0n) is 14.0. The lowest BCUT2D eigenvalue weighted by molar-refractivity contribution is 0.0951. The van der Waals surface area contributed by atoms with E-state index in [0.717, 1.165) is 24.6 Å². The highest BCUT2D eigenvalue weighted by molar-refractivity contribution is 5.95. The van der Waals surface area contributed by atoms with Crippen LogP contribution in [0.15, 0.2) is 48.7 Å². The quantitative estimate of drug-likeness (QED) is 0.853. The molecule has 1 N–H and O–H groups in total. The zero-order valence-corrected chi connectivity index (χ0v) is 14.0. The maximum atomic E-state index is 12.2. The van der Waals surface area contributed by atoms with Gasteiger partial charge in [0.25, 0.3) is 5.91 Å². The average molecular weight is 312 g/mol. The van der Waals surface area contributed by atoms with Gasteiger partial charge >= 0.3 is 0 Å². The number of nitrogens with one attached hydrogen (secondary N) is 1. The zero-order chi connectivity index (χ0) is 16.7. The van der Waals surface area contributed by atoms with Crippen molar-refractivity contribution in [2.45, 2.75) is 6.92 Å². The van der Waals surface area contributed by atoms with E-state index in [0.29, 0.717) is 12.1 Å². The van der Waals surface area contributed by atoms with Crippen LogP contribution in [-0.4, -0.2) is 49.5 Å². The van der Waals surface area contributed by atoms with Crippen molar-refractivity contribution in [3.8, 4) is 0 Å². The molecule has 0 spiro atoms. The van der Waals surface area contributed by atoms with Crippen molar-refractivity contribution >= 4 is 17.4 Å². The molecule has 0 fully saturated rings. The number of benzene rings is 1. The van der Waals surface area contributed by atoms with Crippen LogP contribution < -0.4 is 10.2 Å². The van der Waals surface area contributed by atoms with Crippen LogP contribution in [0.5, 0.6) is 0 Å². The Balaban J connectivity index is 2.13. The molecule has 5 heteroatoms. The van der Waals surface area contributed by atoms with Gasteiger partial charge in [0.05, 0.1) is 0 Å². The third-order valence-electron chi connectivity index (χ3n) is 3.51. The first kappa shape index (κ1) is 17.0. The van der Waals surface area contributed by atoms with Crippen LogP contribution >= 0.6 is 0 Å². The lowest BCUT2D eigenvalue weighted by atomic mass is 10.2. The van der Waals surface area contributed by atoms with Gasteiger partial charge in [-0.1, -0.05) is 18.2 Å². The predicted molar refractivity (Wildman–Crippen MR) is 94.2 cm³/mol. The Morgan fingerprint density at radius 2 is 1.91 bits per heavy atom. The molecule has 1 heterocycles. The van der Waals surface area contributed by atoms with Gasteiger partial charge in [0.2, 0.25) is 0 Å². The Hall–Kier alpha value is -2.40. The summed E-state index contributed by atoms with van der Waals surface area (Å²) in [5.41, 5.74) is 1.69. The first-order valence-electron chi connectivity index (χ1n) is 7.83. The number of hydrogen-bond acceptors (Lipinski definition) is 4. The van der Waals surface area contributed by atoms with Crippen molar-refractivity contribution in [2.75, 3.05) is 38.6 Å². The number of amides is 1. The molecule has 2 rings (SSSR count). The second-order valence-corrected chi connectivity index (χ2v) is 5.54. The summed E-state index contributed by atoms with van der Waals surface area (Å²) in [7, 11) is 3.96. The molecule has 0 atom stereocenters. The Morgan fingerprint density at radius 1 is 1.17 bits per heavy atom. The summed E-state index contributed by atoms with van der Waals surface area (Å²) in [6, 6.07) is 13.6. The SMILES string of the molecule is CCN(c1ccccc1)c1cc(C(=O)NCCN(C)C)ccn1. The number of likely N-dealkylation sites (N-methyl/N-ethyl adjacent to an activating group) is 1. The third-order valence-corrected chi connectivity index (χ3v) is 3.51. The van der Waals surface area contributed by atoms with Crippen molar-refractivity contribution in [1.29, 1.82) is 0 Å². The molecule has 1 aromatic carbocycles. The topological polar surface area (TPSA) is 48.5 Å². The van der Waals surface area contributed by atoms with Gasteiger partial charge in [0.1, 0.15) is 5.82 Å². The number of aromatic nitrogens is 1. The molecule has 122 valence electrons. The minimum Gasteiger partial charge on any atom is -0.351 e. The lowest BCUT2D eigenvalue weighted by Gasteiger charge is -2.22. The van der Waals surface area contributed by atoms with Crippen molar-refractivity contribution in [3.63, 3.8) is 0 Å². The molecular weight excluding hydrogens is 288 g/mol. The normalized spacial score (nSPS) is 10.6. The highest BCUT2D eigenvalue weighted by atomic mass is 16.1. The number of rotatable bonds is 7. The molecular formula is C18H24N4O. The summed E-state index contributed by atoms with van der Waals surface area (Å²) in [4.78, 5) is 20.8. The number of carbonyl (C=O) groups is 1. The van der Waals surface area contributed by atoms with Gasteiger partial charge in [-0.3, -0.25) is 4.79 Å². The second-order valence-electron chi connectivity index (χ2n) is 5.54. The molecule has 0 bridgehead atoms. The number of carbonyl (C=O) groups excluding carboxylic acids is 1. The molecule has 0 unspecified atom stereocenters. The largest absolute Gasteiger partial charge is 0.351 e. The first-order chi connectivity index (χ1) is 11.1. The van der Waals surface area contributed by atoms with E-state index >= 15 is 0 Å². The number of hydrogen-bond donors (Lipinski definition) is 1. The third kappa shape index (κ3) is 4.79. The van der Waals surface area contributed by atoms with Gasteiger partial charge in [-0.05, 0) is 45.3 Å². The van der Waals surface area contributed by atoms with Gasteiger partial charge in [-0.25, -0.2) is 4.98 Å². The van der Waals surface area contributed by atoms with E-state index in [4.69, 9.17) is 0 Å². The average Bonchev–Trinajstić information content (AvgIpc) is 2.56. The second kappa shape index (κ2) is 8.29. The number of nitrogens with zero attached hydrogens (tertiary/aromatic N) is 3. The van der Waals surface area contributed by atoms with Crippen LogP contribution in [0, 0.1) is 0 Å². The van der Waals surface area contributed by atoms with E-state index < -0.39 is 0 Å². The monoisotopic (exact) mass is 312 g/mol. The summed E-state index contributed by atoms with van der Waals surface area (Å²) >= 11 is 0. The maximum absolute atomic E-state index is 12.2. The molecule has 23 heavy (non-hydrogen) atoms. The van der Waals surface area contributed by atoms with Crippen LogP contribution in [0.1, 0.15) is 17.3 Å². The Kier molecular flexibility index (Phi) is 6.11. The fourth-order valence-corrected chi connectivity index (χ4v) is 2.29. The highest BCUT2D eigenvalue weighted by Gasteiger charge is 2.12. The van der Waals surface area contributed by atoms with Crippen molar-refractivity contribution in [2.24, 2.45) is 0 Å². The first-order valence-corrected chi connectivity index (χ1v) is 7.83. The predicted octanol–water partition coefficient (Wildman–Crippen LogP) is 2.53. The number of anilines is 2.